The van der Waals surface area contributed by atoms with Gasteiger partial charge in [-0.25, -0.2) is 0 Å². The average Bonchev–Trinajstić information content (AvgIpc) is 2.79. The van der Waals surface area contributed by atoms with Gasteiger partial charge in [-0.1, -0.05) is 23.7 Å². The molecule has 0 aromatic heterocycles. The minimum atomic E-state index is -0.364. The summed E-state index contributed by atoms with van der Waals surface area (Å²) in [6.45, 7) is 3.32. The van der Waals surface area contributed by atoms with Crippen LogP contribution in [-0.4, -0.2) is 44.0 Å². The number of hydrogen-bond donors (Lipinski definition) is 1. The highest BCUT2D eigenvalue weighted by molar-refractivity contribution is 6.31. The Morgan fingerprint density at radius 1 is 1.03 bits per heavy atom. The number of aryl methyl sites for hydroxylation is 1. The number of piperidine rings is 1. The molecule has 1 fully saturated rings. The summed E-state index contributed by atoms with van der Waals surface area (Å²) in [6, 6.07) is 8.80. The van der Waals surface area contributed by atoms with Crippen molar-refractivity contribution in [2.45, 2.75) is 26.2 Å². The zero-order chi connectivity index (χ0) is 22.4. The van der Waals surface area contributed by atoms with Crippen molar-refractivity contribution < 1.29 is 19.1 Å². The SMILES string of the molecule is COc1cc(NC(=O)/C=C/c2ccc(C)c(Cl)c2)c(C(=O)N2CCCCC2)cc1OC. The first-order valence-electron chi connectivity index (χ1n) is 10.2. The normalized spacial score (nSPS) is 13.9. The van der Waals surface area contributed by atoms with Crippen LogP contribution < -0.4 is 14.8 Å². The molecule has 2 amide bonds. The van der Waals surface area contributed by atoms with Crippen LogP contribution in [0.3, 0.4) is 0 Å². The van der Waals surface area contributed by atoms with E-state index in [1.54, 1.807) is 24.3 Å². The molecule has 6 nitrogen and oxygen atoms in total. The number of likely N-dealkylation sites (tertiary alicyclic amines) is 1. The Balaban J connectivity index is 1.86. The number of carbonyl (C=O) groups excluding carboxylic acids is 2. The lowest BCUT2D eigenvalue weighted by molar-refractivity contribution is -0.111. The summed E-state index contributed by atoms with van der Waals surface area (Å²) in [6.07, 6.45) is 6.15. The van der Waals surface area contributed by atoms with E-state index in [9.17, 15) is 9.59 Å². The zero-order valence-corrected chi connectivity index (χ0v) is 18.8. The van der Waals surface area contributed by atoms with Gasteiger partial charge < -0.3 is 19.7 Å². The Bertz CT molecular complexity index is 997. The maximum atomic E-state index is 13.2. The third kappa shape index (κ3) is 5.58. The minimum Gasteiger partial charge on any atom is -0.493 e. The molecule has 0 atom stereocenters. The van der Waals surface area contributed by atoms with Gasteiger partial charge in [0.2, 0.25) is 5.91 Å². The first-order valence-corrected chi connectivity index (χ1v) is 10.6. The Morgan fingerprint density at radius 3 is 2.35 bits per heavy atom. The Morgan fingerprint density at radius 2 is 1.71 bits per heavy atom. The van der Waals surface area contributed by atoms with Crippen LogP contribution in [0.5, 0.6) is 11.5 Å². The lowest BCUT2D eigenvalue weighted by Gasteiger charge is -2.28. The Kier molecular flexibility index (Phi) is 7.58. The van der Waals surface area contributed by atoms with Gasteiger partial charge in [0.05, 0.1) is 25.5 Å². The molecule has 31 heavy (non-hydrogen) atoms. The number of hydrogen-bond acceptors (Lipinski definition) is 4. The summed E-state index contributed by atoms with van der Waals surface area (Å²) >= 11 is 6.15. The van der Waals surface area contributed by atoms with Crippen LogP contribution >= 0.6 is 11.6 Å². The van der Waals surface area contributed by atoms with Gasteiger partial charge in [0, 0.05) is 30.3 Å². The molecule has 1 saturated heterocycles. The van der Waals surface area contributed by atoms with E-state index >= 15 is 0 Å². The number of benzene rings is 2. The van der Waals surface area contributed by atoms with Crippen LogP contribution in [0.4, 0.5) is 5.69 Å². The second-order valence-corrected chi connectivity index (χ2v) is 7.84. The molecule has 164 valence electrons. The Labute approximate surface area is 187 Å². The molecule has 0 unspecified atom stereocenters. The van der Waals surface area contributed by atoms with Crippen molar-refractivity contribution in [1.82, 2.24) is 4.90 Å². The van der Waals surface area contributed by atoms with E-state index in [0.717, 1.165) is 30.4 Å². The van der Waals surface area contributed by atoms with Crippen LogP contribution in [0.2, 0.25) is 5.02 Å². The van der Waals surface area contributed by atoms with Gasteiger partial charge >= 0.3 is 0 Å². The quantitative estimate of drug-likeness (QED) is 0.643. The standard InChI is InChI=1S/C24H27ClN2O4/c1-16-7-8-17(13-19(16)25)9-10-23(28)26-20-15-22(31-3)21(30-2)14-18(20)24(29)27-11-5-4-6-12-27/h7-10,13-15H,4-6,11-12H2,1-3H3,(H,26,28)/b10-9+. The zero-order valence-electron chi connectivity index (χ0n) is 18.0. The molecule has 3 rings (SSSR count). The van der Waals surface area contributed by atoms with Crippen molar-refractivity contribution in [2.24, 2.45) is 0 Å². The molecule has 7 heteroatoms. The molecule has 1 N–H and O–H groups in total. The van der Waals surface area contributed by atoms with E-state index < -0.39 is 0 Å². The summed E-state index contributed by atoms with van der Waals surface area (Å²) in [7, 11) is 3.03. The average molecular weight is 443 g/mol. The van der Waals surface area contributed by atoms with Crippen LogP contribution in [-0.2, 0) is 4.79 Å². The second kappa shape index (κ2) is 10.4. The lowest BCUT2D eigenvalue weighted by Crippen LogP contribution is -2.36. The molecule has 2 aromatic rings. The number of carbonyl (C=O) groups is 2. The van der Waals surface area contributed by atoms with Crippen LogP contribution in [0, 0.1) is 6.92 Å². The number of methoxy groups -OCH3 is 2. The monoisotopic (exact) mass is 442 g/mol. The summed E-state index contributed by atoms with van der Waals surface area (Å²) in [5.41, 5.74) is 2.53. The third-order valence-electron chi connectivity index (χ3n) is 5.28. The predicted molar refractivity (Wildman–Crippen MR) is 123 cm³/mol. The number of anilines is 1. The van der Waals surface area contributed by atoms with Gasteiger partial charge in [-0.15, -0.1) is 0 Å². The van der Waals surface area contributed by atoms with Crippen LogP contribution in [0.15, 0.2) is 36.4 Å². The number of rotatable bonds is 6. The molecule has 0 bridgehead atoms. The molecule has 2 aromatic carbocycles. The van der Waals surface area contributed by atoms with E-state index in [1.807, 2.05) is 24.0 Å². The number of nitrogens with zero attached hydrogens (tertiary/aromatic N) is 1. The smallest absolute Gasteiger partial charge is 0.256 e. The van der Waals surface area contributed by atoms with E-state index in [2.05, 4.69) is 5.32 Å². The number of amides is 2. The number of halogens is 1. The van der Waals surface area contributed by atoms with Gasteiger partial charge in [0.1, 0.15) is 0 Å². The molecule has 0 radical (unpaired) electrons. The van der Waals surface area contributed by atoms with Crippen molar-refractivity contribution in [2.75, 3.05) is 32.6 Å². The second-order valence-electron chi connectivity index (χ2n) is 7.44. The van der Waals surface area contributed by atoms with Gasteiger partial charge in [-0.05, 0) is 55.5 Å². The van der Waals surface area contributed by atoms with Crippen molar-refractivity contribution in [3.8, 4) is 11.5 Å². The highest BCUT2D eigenvalue weighted by atomic mass is 35.5. The van der Waals surface area contributed by atoms with E-state index in [1.165, 1.54) is 20.3 Å². The maximum Gasteiger partial charge on any atom is 0.256 e. The third-order valence-corrected chi connectivity index (χ3v) is 5.69. The van der Waals surface area contributed by atoms with Crippen molar-refractivity contribution in [1.29, 1.82) is 0 Å². The summed E-state index contributed by atoms with van der Waals surface area (Å²) in [5.74, 6) is 0.370. The number of ether oxygens (including phenoxy) is 2. The molecule has 0 aliphatic carbocycles. The van der Waals surface area contributed by atoms with E-state index in [0.29, 0.717) is 40.9 Å². The molecular formula is C24H27ClN2O4. The van der Waals surface area contributed by atoms with Gasteiger partial charge in [-0.2, -0.15) is 0 Å². The van der Waals surface area contributed by atoms with Crippen molar-refractivity contribution >= 4 is 35.2 Å². The minimum absolute atomic E-state index is 0.134. The highest BCUT2D eigenvalue weighted by Gasteiger charge is 2.24. The van der Waals surface area contributed by atoms with E-state index in [-0.39, 0.29) is 11.8 Å². The first kappa shape index (κ1) is 22.7. The molecule has 1 heterocycles. The summed E-state index contributed by atoms with van der Waals surface area (Å²) < 4.78 is 10.7. The van der Waals surface area contributed by atoms with Gasteiger partial charge in [-0.3, -0.25) is 9.59 Å². The maximum absolute atomic E-state index is 13.2. The molecule has 1 aliphatic heterocycles. The van der Waals surface area contributed by atoms with E-state index in [4.69, 9.17) is 21.1 Å². The summed E-state index contributed by atoms with van der Waals surface area (Å²) in [4.78, 5) is 27.6. The van der Waals surface area contributed by atoms with Crippen molar-refractivity contribution in [3.63, 3.8) is 0 Å². The first-order chi connectivity index (χ1) is 14.9. The van der Waals surface area contributed by atoms with Crippen LogP contribution in [0.25, 0.3) is 6.08 Å². The fourth-order valence-electron chi connectivity index (χ4n) is 3.49. The molecule has 1 aliphatic rings. The topological polar surface area (TPSA) is 67.9 Å². The van der Waals surface area contributed by atoms with Crippen LogP contribution in [0.1, 0.15) is 40.7 Å². The lowest BCUT2D eigenvalue weighted by atomic mass is 10.1. The van der Waals surface area contributed by atoms with Gasteiger partial charge in [0.15, 0.2) is 11.5 Å². The summed E-state index contributed by atoms with van der Waals surface area (Å²) in [5, 5.41) is 3.45. The van der Waals surface area contributed by atoms with Crippen molar-refractivity contribution in [3.05, 3.63) is 58.1 Å². The van der Waals surface area contributed by atoms with Gasteiger partial charge in [0.25, 0.3) is 5.91 Å². The Hall–Kier alpha value is -2.99. The molecular weight excluding hydrogens is 416 g/mol. The number of nitrogens with one attached hydrogen (secondary N) is 1. The fourth-order valence-corrected chi connectivity index (χ4v) is 3.67. The largest absolute Gasteiger partial charge is 0.493 e. The molecule has 0 saturated carbocycles. The highest BCUT2D eigenvalue weighted by Crippen LogP contribution is 2.34. The fraction of sp³-hybridized carbons (Fsp3) is 0.333. The molecule has 0 spiro atoms. The predicted octanol–water partition coefficient (Wildman–Crippen LogP) is 4.94.